The number of carboxylic acids is 1. The van der Waals surface area contributed by atoms with Crippen LogP contribution in [0.5, 0.6) is 11.5 Å². The Hall–Kier alpha value is -4.29. The van der Waals surface area contributed by atoms with Crippen LogP contribution in [0.25, 0.3) is 0 Å². The zero-order valence-corrected chi connectivity index (χ0v) is 19.0. The van der Waals surface area contributed by atoms with E-state index in [1.54, 1.807) is 18.2 Å². The number of halogens is 1. The Morgan fingerprint density at radius 1 is 0.794 bits per heavy atom. The number of ether oxygens (including phenoxy) is 1. The molecule has 0 amide bonds. The number of carbonyl (C=O) groups is 1. The number of benzene rings is 4. The van der Waals surface area contributed by atoms with Crippen molar-refractivity contribution >= 4 is 34.7 Å². The van der Waals surface area contributed by atoms with Gasteiger partial charge in [-0.3, -0.25) is 0 Å². The minimum absolute atomic E-state index is 0.0173. The molecular formula is C27H21ClN2O4. The number of para-hydroxylation sites is 1. The second-order valence-electron chi connectivity index (χ2n) is 7.50. The maximum Gasteiger partial charge on any atom is 0.335 e. The molecule has 6 nitrogen and oxygen atoms in total. The molecule has 4 aromatic rings. The monoisotopic (exact) mass is 472 g/mol. The van der Waals surface area contributed by atoms with Gasteiger partial charge in [-0.25, -0.2) is 4.79 Å². The highest BCUT2D eigenvalue weighted by Crippen LogP contribution is 2.28. The van der Waals surface area contributed by atoms with E-state index in [1.165, 1.54) is 12.1 Å². The molecule has 0 aliphatic rings. The Bertz CT molecular complexity index is 1320. The van der Waals surface area contributed by atoms with Crippen LogP contribution in [-0.2, 0) is 0 Å². The minimum Gasteiger partial charge on any atom is -0.478 e. The predicted octanol–water partition coefficient (Wildman–Crippen LogP) is 6.83. The van der Waals surface area contributed by atoms with Gasteiger partial charge >= 0.3 is 5.97 Å². The molecule has 0 atom stereocenters. The number of hydrogen-bond acceptors (Lipinski definition) is 5. The summed E-state index contributed by atoms with van der Waals surface area (Å²) >= 11 is 5.98. The van der Waals surface area contributed by atoms with Gasteiger partial charge in [-0.2, -0.15) is 0 Å². The van der Waals surface area contributed by atoms with Gasteiger partial charge in [0.15, 0.2) is 0 Å². The lowest BCUT2D eigenvalue weighted by Gasteiger charge is -2.20. The first kappa shape index (κ1) is 22.9. The summed E-state index contributed by atoms with van der Waals surface area (Å²) in [7, 11) is 1.93. The van der Waals surface area contributed by atoms with Gasteiger partial charge in [-0.05, 0) is 66.7 Å². The SMILES string of the molecule is CN(c1ccc(Cl)cc1)c1ccc(/C(=N/O)c2cc(Oc3ccccc3)cc(C(=O)O)c2)cc1. The Kier molecular flexibility index (Phi) is 6.80. The Labute approximate surface area is 201 Å². The highest BCUT2D eigenvalue weighted by molar-refractivity contribution is 6.30. The molecule has 0 saturated carbocycles. The second kappa shape index (κ2) is 10.1. The van der Waals surface area contributed by atoms with Crippen molar-refractivity contribution in [3.63, 3.8) is 0 Å². The van der Waals surface area contributed by atoms with E-state index < -0.39 is 5.97 Å². The zero-order valence-electron chi connectivity index (χ0n) is 18.2. The number of anilines is 2. The molecule has 0 spiro atoms. The molecule has 0 aliphatic heterocycles. The maximum atomic E-state index is 11.7. The van der Waals surface area contributed by atoms with Gasteiger partial charge in [0.05, 0.1) is 5.56 Å². The summed E-state index contributed by atoms with van der Waals surface area (Å²) in [6.07, 6.45) is 0. The topological polar surface area (TPSA) is 82.4 Å². The Balaban J connectivity index is 1.65. The minimum atomic E-state index is -1.11. The van der Waals surface area contributed by atoms with Gasteiger partial charge in [-0.15, -0.1) is 0 Å². The van der Waals surface area contributed by atoms with E-state index in [0.717, 1.165) is 11.4 Å². The fourth-order valence-corrected chi connectivity index (χ4v) is 3.61. The first-order chi connectivity index (χ1) is 16.4. The fraction of sp³-hybridized carbons (Fsp3) is 0.0370. The molecule has 0 unspecified atom stereocenters. The molecule has 4 rings (SSSR count). The van der Waals surface area contributed by atoms with E-state index >= 15 is 0 Å². The summed E-state index contributed by atoms with van der Waals surface area (Å²) in [5.41, 5.74) is 3.14. The van der Waals surface area contributed by atoms with Crippen molar-refractivity contribution in [2.75, 3.05) is 11.9 Å². The number of aromatic carboxylic acids is 1. The summed E-state index contributed by atoms with van der Waals surface area (Å²) in [5, 5.41) is 23.5. The molecule has 0 saturated heterocycles. The van der Waals surface area contributed by atoms with E-state index in [4.69, 9.17) is 16.3 Å². The van der Waals surface area contributed by atoms with Crippen LogP contribution in [0.1, 0.15) is 21.5 Å². The highest BCUT2D eigenvalue weighted by atomic mass is 35.5. The highest BCUT2D eigenvalue weighted by Gasteiger charge is 2.15. The molecule has 0 aliphatic carbocycles. The summed E-state index contributed by atoms with van der Waals surface area (Å²) < 4.78 is 5.83. The van der Waals surface area contributed by atoms with Gasteiger partial charge in [0.2, 0.25) is 0 Å². The molecule has 0 bridgehead atoms. The zero-order chi connectivity index (χ0) is 24.1. The lowest BCUT2D eigenvalue weighted by atomic mass is 9.99. The van der Waals surface area contributed by atoms with Crippen LogP contribution in [0.3, 0.4) is 0 Å². The average Bonchev–Trinajstić information content (AvgIpc) is 2.85. The van der Waals surface area contributed by atoms with E-state index in [9.17, 15) is 15.1 Å². The van der Waals surface area contributed by atoms with Gasteiger partial charge in [0.1, 0.15) is 17.2 Å². The van der Waals surface area contributed by atoms with Crippen molar-refractivity contribution < 1.29 is 19.8 Å². The molecule has 0 radical (unpaired) electrons. The quantitative estimate of drug-likeness (QED) is 0.175. The van der Waals surface area contributed by atoms with Crippen molar-refractivity contribution in [3.8, 4) is 11.5 Å². The summed E-state index contributed by atoms with van der Waals surface area (Å²) in [5.74, 6) is -0.230. The van der Waals surface area contributed by atoms with Crippen molar-refractivity contribution in [1.29, 1.82) is 0 Å². The van der Waals surface area contributed by atoms with Crippen LogP contribution in [0, 0.1) is 0 Å². The molecule has 0 heterocycles. The Morgan fingerprint density at radius 2 is 1.38 bits per heavy atom. The molecule has 2 N–H and O–H groups in total. The number of hydrogen-bond donors (Lipinski definition) is 2. The summed E-state index contributed by atoms with van der Waals surface area (Å²) in [4.78, 5) is 13.7. The van der Waals surface area contributed by atoms with E-state index in [-0.39, 0.29) is 11.3 Å². The van der Waals surface area contributed by atoms with Crippen molar-refractivity contribution in [2.45, 2.75) is 0 Å². The number of nitrogens with zero attached hydrogens (tertiary/aromatic N) is 2. The van der Waals surface area contributed by atoms with E-state index in [1.807, 2.05) is 78.7 Å². The van der Waals surface area contributed by atoms with E-state index in [0.29, 0.717) is 27.6 Å². The van der Waals surface area contributed by atoms with Gasteiger partial charge < -0.3 is 20.0 Å². The van der Waals surface area contributed by atoms with E-state index in [2.05, 4.69) is 5.16 Å². The third kappa shape index (κ3) is 5.19. The molecule has 0 aromatic heterocycles. The molecule has 34 heavy (non-hydrogen) atoms. The smallest absolute Gasteiger partial charge is 0.335 e. The van der Waals surface area contributed by atoms with Gasteiger partial charge in [0.25, 0.3) is 0 Å². The summed E-state index contributed by atoms with van der Waals surface area (Å²) in [6.45, 7) is 0. The average molecular weight is 473 g/mol. The van der Waals surface area contributed by atoms with Crippen molar-refractivity contribution in [1.82, 2.24) is 0 Å². The first-order valence-electron chi connectivity index (χ1n) is 10.4. The molecule has 4 aromatic carbocycles. The first-order valence-corrected chi connectivity index (χ1v) is 10.8. The number of carboxylic acid groups (broad SMARTS) is 1. The predicted molar refractivity (Wildman–Crippen MR) is 133 cm³/mol. The standard InChI is InChI=1S/C27H21ClN2O4/c1-30(23-13-9-21(28)10-14-23)22-11-7-18(8-12-22)26(29-33)19-15-20(27(31)32)17-25(16-19)34-24-5-3-2-4-6-24/h2-17,33H,1H3,(H,31,32)/b29-26-. The normalized spacial score (nSPS) is 11.2. The van der Waals surface area contributed by atoms with Crippen LogP contribution < -0.4 is 9.64 Å². The van der Waals surface area contributed by atoms with Crippen LogP contribution in [0.15, 0.2) is 102 Å². The van der Waals surface area contributed by atoms with Crippen molar-refractivity contribution in [3.05, 3.63) is 119 Å². The van der Waals surface area contributed by atoms with Crippen LogP contribution in [-0.4, -0.2) is 29.0 Å². The molecular weight excluding hydrogens is 452 g/mol. The third-order valence-electron chi connectivity index (χ3n) is 5.25. The molecule has 170 valence electrons. The van der Waals surface area contributed by atoms with Crippen LogP contribution in [0.4, 0.5) is 11.4 Å². The lowest BCUT2D eigenvalue weighted by Crippen LogP contribution is -2.10. The van der Waals surface area contributed by atoms with Gasteiger partial charge in [0, 0.05) is 34.6 Å². The largest absolute Gasteiger partial charge is 0.478 e. The van der Waals surface area contributed by atoms with Crippen molar-refractivity contribution in [2.24, 2.45) is 5.16 Å². The molecule has 0 fully saturated rings. The fourth-order valence-electron chi connectivity index (χ4n) is 3.48. The summed E-state index contributed by atoms with van der Waals surface area (Å²) in [6, 6.07) is 28.4. The third-order valence-corrected chi connectivity index (χ3v) is 5.50. The number of rotatable bonds is 7. The van der Waals surface area contributed by atoms with Crippen LogP contribution >= 0.6 is 11.6 Å². The van der Waals surface area contributed by atoms with Gasteiger partial charge in [-0.1, -0.05) is 47.1 Å². The van der Waals surface area contributed by atoms with Crippen LogP contribution in [0.2, 0.25) is 5.02 Å². The maximum absolute atomic E-state index is 11.7. The number of oxime groups is 1. The lowest BCUT2D eigenvalue weighted by molar-refractivity contribution is 0.0696. The molecule has 7 heteroatoms. The Morgan fingerprint density at radius 3 is 1.97 bits per heavy atom. The second-order valence-corrected chi connectivity index (χ2v) is 7.93.